The summed E-state index contributed by atoms with van der Waals surface area (Å²) >= 11 is 0. The lowest BCUT2D eigenvalue weighted by atomic mass is 10.00. The molecule has 2 aliphatic rings. The van der Waals surface area contributed by atoms with Crippen LogP contribution in [0.5, 0.6) is 0 Å². The van der Waals surface area contributed by atoms with E-state index in [9.17, 15) is 0 Å². The number of hydrogen-bond acceptors (Lipinski definition) is 3. The van der Waals surface area contributed by atoms with Gasteiger partial charge < -0.3 is 15.0 Å². The number of hydrogen-bond donors (Lipinski definition) is 1. The SMILES string of the molecule is CN(C1CCNCC1)C1CCOCC1.Cl. The zero-order valence-electron chi connectivity index (χ0n) is 9.58. The third kappa shape index (κ3) is 3.59. The molecule has 0 aromatic carbocycles. The molecule has 2 heterocycles. The van der Waals surface area contributed by atoms with Crippen molar-refractivity contribution in [3.63, 3.8) is 0 Å². The maximum Gasteiger partial charge on any atom is 0.0480 e. The Morgan fingerprint density at radius 2 is 1.53 bits per heavy atom. The normalized spacial score (nSPS) is 25.2. The standard InChI is InChI=1S/C11H22N2O.ClH/c1-13(10-2-6-12-7-3-10)11-4-8-14-9-5-11;/h10-12H,2-9H2,1H3;1H. The molecular weight excluding hydrogens is 212 g/mol. The Hall–Kier alpha value is 0.170. The summed E-state index contributed by atoms with van der Waals surface area (Å²) in [5, 5.41) is 3.42. The van der Waals surface area contributed by atoms with E-state index in [0.29, 0.717) is 0 Å². The molecule has 3 nitrogen and oxygen atoms in total. The van der Waals surface area contributed by atoms with Gasteiger partial charge in [-0.1, -0.05) is 0 Å². The molecule has 2 saturated heterocycles. The highest BCUT2D eigenvalue weighted by molar-refractivity contribution is 5.85. The van der Waals surface area contributed by atoms with Crippen molar-refractivity contribution in [2.45, 2.75) is 37.8 Å². The fourth-order valence-electron chi connectivity index (χ4n) is 2.60. The van der Waals surface area contributed by atoms with Crippen molar-refractivity contribution in [1.29, 1.82) is 0 Å². The van der Waals surface area contributed by atoms with Gasteiger partial charge in [-0.2, -0.15) is 0 Å². The molecule has 90 valence electrons. The molecule has 0 spiro atoms. The van der Waals surface area contributed by atoms with Crippen molar-refractivity contribution in [3.05, 3.63) is 0 Å². The minimum atomic E-state index is 0. The van der Waals surface area contributed by atoms with Gasteiger partial charge in [0.25, 0.3) is 0 Å². The molecule has 0 radical (unpaired) electrons. The summed E-state index contributed by atoms with van der Waals surface area (Å²) in [6.07, 6.45) is 5.07. The fourth-order valence-corrected chi connectivity index (χ4v) is 2.60. The number of ether oxygens (including phenoxy) is 1. The molecule has 0 bridgehead atoms. The maximum absolute atomic E-state index is 5.40. The largest absolute Gasteiger partial charge is 0.381 e. The van der Waals surface area contributed by atoms with Crippen LogP contribution >= 0.6 is 12.4 Å². The molecule has 0 amide bonds. The van der Waals surface area contributed by atoms with Gasteiger partial charge in [0.15, 0.2) is 0 Å². The van der Waals surface area contributed by atoms with Gasteiger partial charge in [0, 0.05) is 25.3 Å². The van der Waals surface area contributed by atoms with Gasteiger partial charge in [-0.15, -0.1) is 12.4 Å². The van der Waals surface area contributed by atoms with Crippen LogP contribution in [0, 0.1) is 0 Å². The summed E-state index contributed by atoms with van der Waals surface area (Å²) < 4.78 is 5.40. The molecule has 2 fully saturated rings. The van der Waals surface area contributed by atoms with Crippen LogP contribution in [0.4, 0.5) is 0 Å². The Bertz CT molecular complexity index is 150. The van der Waals surface area contributed by atoms with Gasteiger partial charge in [-0.25, -0.2) is 0 Å². The Morgan fingerprint density at radius 1 is 1.00 bits per heavy atom. The lowest BCUT2D eigenvalue weighted by Crippen LogP contribution is -2.47. The zero-order chi connectivity index (χ0) is 9.80. The summed E-state index contributed by atoms with van der Waals surface area (Å²) in [7, 11) is 2.30. The molecule has 0 saturated carbocycles. The first kappa shape index (κ1) is 13.2. The molecular formula is C11H23ClN2O. The van der Waals surface area contributed by atoms with E-state index in [2.05, 4.69) is 17.3 Å². The summed E-state index contributed by atoms with van der Waals surface area (Å²) in [5.74, 6) is 0. The minimum Gasteiger partial charge on any atom is -0.381 e. The Labute approximate surface area is 99.0 Å². The Balaban J connectivity index is 0.00000112. The van der Waals surface area contributed by atoms with Crippen molar-refractivity contribution in [2.24, 2.45) is 0 Å². The van der Waals surface area contributed by atoms with E-state index in [-0.39, 0.29) is 12.4 Å². The highest BCUT2D eigenvalue weighted by Gasteiger charge is 2.25. The smallest absolute Gasteiger partial charge is 0.0480 e. The van der Waals surface area contributed by atoms with Crippen molar-refractivity contribution < 1.29 is 4.74 Å². The van der Waals surface area contributed by atoms with Crippen molar-refractivity contribution in [2.75, 3.05) is 33.4 Å². The molecule has 2 aliphatic heterocycles. The first-order valence-corrected chi connectivity index (χ1v) is 5.88. The first-order valence-electron chi connectivity index (χ1n) is 5.88. The highest BCUT2D eigenvalue weighted by Crippen LogP contribution is 2.19. The molecule has 4 heteroatoms. The Morgan fingerprint density at radius 3 is 2.13 bits per heavy atom. The predicted molar refractivity (Wildman–Crippen MR) is 64.7 cm³/mol. The van der Waals surface area contributed by atoms with E-state index in [1.807, 2.05) is 0 Å². The Kier molecular flexibility index (Phi) is 5.90. The van der Waals surface area contributed by atoms with Crippen LogP contribution in [0.2, 0.25) is 0 Å². The van der Waals surface area contributed by atoms with Crippen LogP contribution in [-0.4, -0.2) is 50.3 Å². The number of piperidine rings is 1. The second-order valence-corrected chi connectivity index (χ2v) is 4.49. The van der Waals surface area contributed by atoms with Gasteiger partial charge in [-0.3, -0.25) is 0 Å². The average molecular weight is 235 g/mol. The zero-order valence-corrected chi connectivity index (χ0v) is 10.4. The van der Waals surface area contributed by atoms with Crippen LogP contribution in [0.1, 0.15) is 25.7 Å². The average Bonchev–Trinajstić information content (AvgIpc) is 2.30. The monoisotopic (exact) mass is 234 g/mol. The predicted octanol–water partition coefficient (Wildman–Crippen LogP) is 1.27. The van der Waals surface area contributed by atoms with E-state index < -0.39 is 0 Å². The lowest BCUT2D eigenvalue weighted by Gasteiger charge is -2.39. The van der Waals surface area contributed by atoms with Crippen LogP contribution in [0.25, 0.3) is 0 Å². The number of rotatable bonds is 2. The lowest BCUT2D eigenvalue weighted by molar-refractivity contribution is 0.0233. The van der Waals surface area contributed by atoms with E-state index in [0.717, 1.165) is 25.3 Å². The van der Waals surface area contributed by atoms with Gasteiger partial charge in [-0.05, 0) is 45.8 Å². The molecule has 2 rings (SSSR count). The molecule has 0 aromatic heterocycles. The molecule has 15 heavy (non-hydrogen) atoms. The molecule has 0 atom stereocenters. The minimum absolute atomic E-state index is 0. The second-order valence-electron chi connectivity index (χ2n) is 4.49. The van der Waals surface area contributed by atoms with Gasteiger partial charge in [0.05, 0.1) is 0 Å². The third-order valence-corrected chi connectivity index (χ3v) is 3.65. The highest BCUT2D eigenvalue weighted by atomic mass is 35.5. The van der Waals surface area contributed by atoms with Gasteiger partial charge >= 0.3 is 0 Å². The van der Waals surface area contributed by atoms with E-state index >= 15 is 0 Å². The van der Waals surface area contributed by atoms with Crippen molar-refractivity contribution in [3.8, 4) is 0 Å². The number of halogens is 1. The topological polar surface area (TPSA) is 24.5 Å². The van der Waals surface area contributed by atoms with Crippen LogP contribution in [0.3, 0.4) is 0 Å². The maximum atomic E-state index is 5.40. The summed E-state index contributed by atoms with van der Waals surface area (Å²) in [6.45, 7) is 4.30. The summed E-state index contributed by atoms with van der Waals surface area (Å²) in [5.41, 5.74) is 0. The second kappa shape index (κ2) is 6.69. The number of nitrogens with one attached hydrogen (secondary N) is 1. The summed E-state index contributed by atoms with van der Waals surface area (Å²) in [4.78, 5) is 2.60. The van der Waals surface area contributed by atoms with Gasteiger partial charge in [0.1, 0.15) is 0 Å². The van der Waals surface area contributed by atoms with Crippen LogP contribution in [0.15, 0.2) is 0 Å². The van der Waals surface area contributed by atoms with Crippen LogP contribution in [-0.2, 0) is 4.74 Å². The molecule has 0 unspecified atom stereocenters. The van der Waals surface area contributed by atoms with Crippen molar-refractivity contribution in [1.82, 2.24) is 10.2 Å². The van der Waals surface area contributed by atoms with Crippen molar-refractivity contribution >= 4 is 12.4 Å². The molecule has 0 aliphatic carbocycles. The van der Waals surface area contributed by atoms with E-state index in [1.165, 1.54) is 38.8 Å². The summed E-state index contributed by atoms with van der Waals surface area (Å²) in [6, 6.07) is 1.58. The quantitative estimate of drug-likeness (QED) is 0.779. The first-order chi connectivity index (χ1) is 6.88. The van der Waals surface area contributed by atoms with Crippen LogP contribution < -0.4 is 5.32 Å². The van der Waals surface area contributed by atoms with E-state index in [4.69, 9.17) is 4.74 Å². The van der Waals surface area contributed by atoms with E-state index in [1.54, 1.807) is 0 Å². The van der Waals surface area contributed by atoms with Gasteiger partial charge in [0.2, 0.25) is 0 Å². The molecule has 1 N–H and O–H groups in total. The molecule has 0 aromatic rings. The number of nitrogens with zero attached hydrogens (tertiary/aromatic N) is 1. The fraction of sp³-hybridized carbons (Fsp3) is 1.00. The third-order valence-electron chi connectivity index (χ3n) is 3.65.